The van der Waals surface area contributed by atoms with E-state index in [0.29, 0.717) is 0 Å². The van der Waals surface area contributed by atoms with Crippen LogP contribution in [0.5, 0.6) is 0 Å². The van der Waals surface area contributed by atoms with Crippen LogP contribution in [0, 0.1) is 0 Å². The van der Waals surface area contributed by atoms with Crippen molar-refractivity contribution in [3.8, 4) is 0 Å². The van der Waals surface area contributed by atoms with Gasteiger partial charge in [0, 0.05) is 0 Å². The van der Waals surface area contributed by atoms with Gasteiger partial charge < -0.3 is 0 Å². The van der Waals surface area contributed by atoms with Gasteiger partial charge in [0.05, 0.1) is 20.4 Å². The molecule has 0 N–H and O–H groups in total. The van der Waals surface area contributed by atoms with Gasteiger partial charge in [-0.25, -0.2) is 14.3 Å². The molecule has 0 spiro atoms. The molecule has 0 radical (unpaired) electrons. The predicted octanol–water partition coefficient (Wildman–Crippen LogP) is 4.89. The lowest BCUT2D eigenvalue weighted by molar-refractivity contribution is 1.33. The summed E-state index contributed by atoms with van der Waals surface area (Å²) < 4.78 is 4.07. The van der Waals surface area contributed by atoms with Crippen molar-refractivity contribution in [2.45, 2.75) is 0 Å². The number of anilines is 2. The summed E-state index contributed by atoms with van der Waals surface area (Å²) >= 11 is 7.79. The topological polar surface area (TPSA) is 29.0 Å². The molecule has 3 nitrogen and oxygen atoms in total. The number of aromatic nitrogens is 2. The van der Waals surface area contributed by atoms with E-state index in [9.17, 15) is 0 Å². The fourth-order valence-electron chi connectivity index (χ4n) is 1.98. The van der Waals surface area contributed by atoms with E-state index >= 15 is 0 Å². The summed E-state index contributed by atoms with van der Waals surface area (Å²) in [6.45, 7) is 0. The first kappa shape index (κ1) is 12.1. The van der Waals surface area contributed by atoms with Crippen molar-refractivity contribution in [3.05, 3.63) is 48.5 Å². The second-order valence-corrected chi connectivity index (χ2v) is 6.66. The van der Waals surface area contributed by atoms with Crippen LogP contribution in [0.2, 0.25) is 0 Å². The third-order valence-electron chi connectivity index (χ3n) is 2.93. The Morgan fingerprint density at radius 1 is 0.750 bits per heavy atom. The molecule has 0 unspecified atom stereocenters. The molecule has 0 bridgehead atoms. The van der Waals surface area contributed by atoms with Gasteiger partial charge in [0.1, 0.15) is 0 Å². The van der Waals surface area contributed by atoms with E-state index in [1.54, 1.807) is 27.0 Å². The van der Waals surface area contributed by atoms with Crippen LogP contribution in [0.1, 0.15) is 0 Å². The first-order valence-corrected chi connectivity index (χ1v) is 8.05. The highest BCUT2D eigenvalue weighted by atomic mass is 32.1. The summed E-state index contributed by atoms with van der Waals surface area (Å²) in [6, 6.07) is 16.2. The summed E-state index contributed by atoms with van der Waals surface area (Å²) in [5.41, 5.74) is 1.99. The van der Waals surface area contributed by atoms with Crippen LogP contribution in [0.4, 0.5) is 10.3 Å². The zero-order chi connectivity index (χ0) is 13.5. The number of para-hydroxylation sites is 2. The number of rotatable bonds is 2. The van der Waals surface area contributed by atoms with Gasteiger partial charge in [0.2, 0.25) is 10.3 Å². The Morgan fingerprint density at radius 2 is 1.20 bits per heavy atom. The Labute approximate surface area is 129 Å². The molecule has 6 heteroatoms. The van der Waals surface area contributed by atoms with Crippen molar-refractivity contribution >= 4 is 66.2 Å². The molecule has 0 saturated heterocycles. The number of fused-ring (bicyclic) bond motifs is 2. The molecule has 0 aliphatic carbocycles. The molecule has 2 aromatic heterocycles. The molecular formula is C14H9N3S3. The molecular weight excluding hydrogens is 306 g/mol. The monoisotopic (exact) mass is 315 g/mol. The van der Waals surface area contributed by atoms with Crippen molar-refractivity contribution in [1.29, 1.82) is 0 Å². The molecule has 0 atom stereocenters. The zero-order valence-electron chi connectivity index (χ0n) is 10.2. The van der Waals surface area contributed by atoms with E-state index in [0.717, 1.165) is 30.7 Å². The number of thiazole rings is 2. The minimum Gasteiger partial charge on any atom is -0.237 e. The van der Waals surface area contributed by atoms with Gasteiger partial charge in [-0.2, -0.15) is 0 Å². The lowest BCUT2D eigenvalue weighted by Crippen LogP contribution is -2.00. The fraction of sp³-hybridized carbons (Fsp3) is 0. The fourth-order valence-corrected chi connectivity index (χ4v) is 4.13. The van der Waals surface area contributed by atoms with Gasteiger partial charge in [-0.1, -0.05) is 59.8 Å². The third kappa shape index (κ3) is 1.96. The predicted molar refractivity (Wildman–Crippen MR) is 90.4 cm³/mol. The van der Waals surface area contributed by atoms with E-state index in [1.165, 1.54) is 0 Å². The summed E-state index contributed by atoms with van der Waals surface area (Å²) in [7, 11) is 0. The minimum absolute atomic E-state index is 0.841. The van der Waals surface area contributed by atoms with Crippen molar-refractivity contribution in [3.63, 3.8) is 0 Å². The summed E-state index contributed by atoms with van der Waals surface area (Å²) in [4.78, 5) is 9.19. The Hall–Kier alpha value is -1.63. The minimum atomic E-state index is 0.841. The van der Waals surface area contributed by atoms with Crippen LogP contribution in [0.3, 0.4) is 0 Å². The van der Waals surface area contributed by atoms with E-state index < -0.39 is 0 Å². The average Bonchev–Trinajstić information content (AvgIpc) is 3.10. The van der Waals surface area contributed by atoms with Crippen LogP contribution in [-0.4, -0.2) is 9.97 Å². The maximum Gasteiger partial charge on any atom is 0.203 e. The molecule has 0 aliphatic rings. The quantitative estimate of drug-likeness (QED) is 0.534. The summed E-state index contributed by atoms with van der Waals surface area (Å²) in [5.74, 6) is 0. The number of hydrogen-bond acceptors (Lipinski definition) is 6. The molecule has 0 fully saturated rings. The summed E-state index contributed by atoms with van der Waals surface area (Å²) in [6.07, 6.45) is 0. The Balaban J connectivity index is 1.80. The zero-order valence-corrected chi connectivity index (χ0v) is 12.8. The van der Waals surface area contributed by atoms with E-state index in [4.69, 9.17) is 0 Å². The van der Waals surface area contributed by atoms with Gasteiger partial charge in [-0.05, 0) is 24.3 Å². The third-order valence-corrected chi connectivity index (χ3v) is 5.62. The first-order chi connectivity index (χ1) is 9.81. The van der Waals surface area contributed by atoms with E-state index in [1.807, 2.05) is 36.4 Å². The Bertz CT molecular complexity index is 757. The van der Waals surface area contributed by atoms with Gasteiger partial charge in [-0.15, -0.1) is 0 Å². The summed E-state index contributed by atoms with van der Waals surface area (Å²) in [5, 5.41) is 1.68. The van der Waals surface area contributed by atoms with E-state index in [-0.39, 0.29) is 0 Å². The maximum atomic E-state index is 4.59. The lowest BCUT2D eigenvalue weighted by atomic mass is 10.3. The molecule has 0 saturated carbocycles. The maximum absolute atomic E-state index is 4.59. The standard InChI is InChI=1S/C14H9N3S3/c18-17(13-15-9-5-1-3-7-11(9)19-13)14-16-10-6-2-4-8-12(10)20-14/h1-8,18H. The number of benzene rings is 2. The largest absolute Gasteiger partial charge is 0.237 e. The lowest BCUT2D eigenvalue weighted by Gasteiger charge is -2.08. The van der Waals surface area contributed by atoms with Crippen molar-refractivity contribution in [1.82, 2.24) is 9.97 Å². The number of nitrogens with zero attached hydrogens (tertiary/aromatic N) is 3. The molecule has 2 heterocycles. The number of thiol groups is 1. The van der Waals surface area contributed by atoms with Gasteiger partial charge in [0.15, 0.2) is 0 Å². The molecule has 2 aromatic carbocycles. The average molecular weight is 315 g/mol. The normalized spacial score (nSPS) is 11.2. The van der Waals surface area contributed by atoms with Crippen LogP contribution in [-0.2, 0) is 0 Å². The van der Waals surface area contributed by atoms with Gasteiger partial charge in [-0.3, -0.25) is 0 Å². The second kappa shape index (κ2) is 4.73. The van der Waals surface area contributed by atoms with Crippen molar-refractivity contribution < 1.29 is 0 Å². The number of hydrogen-bond donors (Lipinski definition) is 1. The van der Waals surface area contributed by atoms with Gasteiger partial charge in [0.25, 0.3) is 0 Å². The highest BCUT2D eigenvalue weighted by Gasteiger charge is 2.14. The SMILES string of the molecule is SN(c1nc2ccccc2s1)c1nc2ccccc2s1. The van der Waals surface area contributed by atoms with Crippen LogP contribution in [0.25, 0.3) is 20.4 Å². The van der Waals surface area contributed by atoms with Crippen molar-refractivity contribution in [2.24, 2.45) is 0 Å². The van der Waals surface area contributed by atoms with Gasteiger partial charge >= 0.3 is 0 Å². The first-order valence-electron chi connectivity index (χ1n) is 6.01. The second-order valence-electron chi connectivity index (χ2n) is 4.24. The van der Waals surface area contributed by atoms with Crippen LogP contribution in [0.15, 0.2) is 48.5 Å². The molecule has 4 rings (SSSR count). The van der Waals surface area contributed by atoms with E-state index in [2.05, 4.69) is 34.9 Å². The molecule has 0 amide bonds. The molecule has 4 aromatic rings. The molecule has 20 heavy (non-hydrogen) atoms. The molecule has 98 valence electrons. The van der Waals surface area contributed by atoms with Crippen LogP contribution >= 0.6 is 35.5 Å². The highest BCUT2D eigenvalue weighted by Crippen LogP contribution is 2.38. The highest BCUT2D eigenvalue weighted by molar-refractivity contribution is 7.82. The Kier molecular flexibility index (Phi) is 2.87. The molecule has 0 aliphatic heterocycles. The smallest absolute Gasteiger partial charge is 0.203 e. The Morgan fingerprint density at radius 3 is 1.65 bits per heavy atom. The van der Waals surface area contributed by atoms with Crippen molar-refractivity contribution in [2.75, 3.05) is 4.31 Å². The van der Waals surface area contributed by atoms with Crippen LogP contribution < -0.4 is 4.31 Å².